The molecule has 0 aromatic carbocycles. The van der Waals surface area contributed by atoms with Gasteiger partial charge in [0.25, 0.3) is 11.5 Å². The summed E-state index contributed by atoms with van der Waals surface area (Å²) in [4.78, 5) is 42.3. The summed E-state index contributed by atoms with van der Waals surface area (Å²) in [6.45, 7) is 5.97. The molecule has 32 heavy (non-hydrogen) atoms. The number of nitrogens with zero attached hydrogens (tertiary/aromatic N) is 4. The minimum absolute atomic E-state index is 0.0165. The van der Waals surface area contributed by atoms with Crippen molar-refractivity contribution in [2.24, 2.45) is 0 Å². The molecule has 0 bridgehead atoms. The van der Waals surface area contributed by atoms with Crippen molar-refractivity contribution in [2.45, 2.75) is 38.1 Å². The molecule has 3 aromatic heterocycles. The van der Waals surface area contributed by atoms with E-state index in [1.807, 2.05) is 18.4 Å². The molecular formula is C23H28N6O2S. The predicted molar refractivity (Wildman–Crippen MR) is 127 cm³/mol. The van der Waals surface area contributed by atoms with Gasteiger partial charge in [0, 0.05) is 48.9 Å². The Morgan fingerprint density at radius 1 is 1.22 bits per heavy atom. The number of fused-ring (bicyclic) bond motifs is 1. The number of pyridine rings is 1. The first-order valence-corrected chi connectivity index (χ1v) is 12.1. The average molecular weight is 453 g/mol. The maximum atomic E-state index is 12.5. The van der Waals surface area contributed by atoms with Gasteiger partial charge in [-0.3, -0.25) is 14.5 Å². The number of anilines is 1. The molecule has 168 valence electrons. The quantitative estimate of drug-likeness (QED) is 0.632. The molecule has 5 rings (SSSR count). The normalized spacial score (nSPS) is 20.2. The highest BCUT2D eigenvalue weighted by Gasteiger charge is 2.32. The lowest BCUT2D eigenvalue weighted by atomic mass is 10.0. The summed E-state index contributed by atoms with van der Waals surface area (Å²) in [7, 11) is 1.61. The van der Waals surface area contributed by atoms with E-state index in [0.717, 1.165) is 67.3 Å². The molecule has 2 saturated heterocycles. The van der Waals surface area contributed by atoms with Crippen LogP contribution in [0.15, 0.2) is 28.5 Å². The Hall–Kier alpha value is -2.78. The van der Waals surface area contributed by atoms with Gasteiger partial charge in [-0.15, -0.1) is 11.3 Å². The molecular weight excluding hydrogens is 424 g/mol. The second-order valence-electron chi connectivity index (χ2n) is 8.68. The van der Waals surface area contributed by atoms with Crippen molar-refractivity contribution < 1.29 is 4.79 Å². The average Bonchev–Trinajstić information content (AvgIpc) is 3.47. The first-order chi connectivity index (χ1) is 15.5. The lowest BCUT2D eigenvalue weighted by Crippen LogP contribution is -2.44. The third kappa shape index (κ3) is 3.91. The minimum Gasteiger partial charge on any atom is -0.370 e. The van der Waals surface area contributed by atoms with Gasteiger partial charge in [-0.1, -0.05) is 0 Å². The van der Waals surface area contributed by atoms with E-state index >= 15 is 0 Å². The molecule has 2 N–H and O–H groups in total. The third-order valence-corrected chi connectivity index (χ3v) is 7.72. The summed E-state index contributed by atoms with van der Waals surface area (Å²) in [6, 6.07) is 4.31. The molecule has 2 fully saturated rings. The van der Waals surface area contributed by atoms with Crippen LogP contribution < -0.4 is 15.8 Å². The summed E-state index contributed by atoms with van der Waals surface area (Å²) in [5.41, 5.74) is 2.35. The van der Waals surface area contributed by atoms with E-state index in [9.17, 15) is 9.59 Å². The third-order valence-electron chi connectivity index (χ3n) is 6.82. The van der Waals surface area contributed by atoms with Crippen LogP contribution in [0.3, 0.4) is 0 Å². The molecule has 0 radical (unpaired) electrons. The van der Waals surface area contributed by atoms with Crippen molar-refractivity contribution in [1.29, 1.82) is 0 Å². The van der Waals surface area contributed by atoms with E-state index in [-0.39, 0.29) is 17.4 Å². The van der Waals surface area contributed by atoms with Crippen molar-refractivity contribution in [2.75, 3.05) is 38.1 Å². The zero-order valence-electron chi connectivity index (χ0n) is 18.4. The zero-order chi connectivity index (χ0) is 22.2. The predicted octanol–water partition coefficient (Wildman–Crippen LogP) is 2.51. The van der Waals surface area contributed by atoms with Gasteiger partial charge in [0.15, 0.2) is 0 Å². The zero-order valence-corrected chi connectivity index (χ0v) is 19.2. The van der Waals surface area contributed by atoms with Gasteiger partial charge < -0.3 is 15.2 Å². The largest absolute Gasteiger partial charge is 0.370 e. The number of likely N-dealkylation sites (tertiary alicyclic amines) is 1. The molecule has 0 aliphatic carbocycles. The molecule has 2 aliphatic rings. The summed E-state index contributed by atoms with van der Waals surface area (Å²) >= 11 is 1.59. The lowest BCUT2D eigenvalue weighted by molar-refractivity contribution is 0.0958. The number of H-pyrrole nitrogens is 1. The Bertz CT molecular complexity index is 1180. The smallest absolute Gasteiger partial charge is 0.269 e. The monoisotopic (exact) mass is 452 g/mol. The fourth-order valence-corrected chi connectivity index (χ4v) is 5.72. The van der Waals surface area contributed by atoms with Crippen LogP contribution in [-0.4, -0.2) is 65.0 Å². The van der Waals surface area contributed by atoms with E-state index in [1.54, 1.807) is 30.6 Å². The van der Waals surface area contributed by atoms with Crippen LogP contribution >= 0.6 is 11.3 Å². The van der Waals surface area contributed by atoms with Crippen LogP contribution in [-0.2, 0) is 0 Å². The number of piperidine rings is 1. The van der Waals surface area contributed by atoms with Crippen LogP contribution in [0.25, 0.3) is 10.9 Å². The molecule has 0 spiro atoms. The molecule has 0 saturated carbocycles. The second-order valence-corrected chi connectivity index (χ2v) is 9.77. The molecule has 5 heterocycles. The van der Waals surface area contributed by atoms with Gasteiger partial charge in [-0.2, -0.15) is 0 Å². The number of hydrogen-bond donors (Lipinski definition) is 2. The number of aromatic amines is 1. The molecule has 8 nitrogen and oxygen atoms in total. The van der Waals surface area contributed by atoms with Gasteiger partial charge in [0.1, 0.15) is 11.5 Å². The highest BCUT2D eigenvalue weighted by Crippen LogP contribution is 2.31. The lowest BCUT2D eigenvalue weighted by Gasteiger charge is -2.37. The number of hydrogen-bond acceptors (Lipinski definition) is 7. The summed E-state index contributed by atoms with van der Waals surface area (Å²) < 4.78 is 0. The van der Waals surface area contributed by atoms with Crippen molar-refractivity contribution in [3.8, 4) is 0 Å². The maximum Gasteiger partial charge on any atom is 0.269 e. The minimum atomic E-state index is -0.164. The van der Waals surface area contributed by atoms with Gasteiger partial charge >= 0.3 is 0 Å². The van der Waals surface area contributed by atoms with Crippen molar-refractivity contribution >= 4 is 33.8 Å². The Kier molecular flexibility index (Phi) is 5.69. The summed E-state index contributed by atoms with van der Waals surface area (Å²) in [6.07, 6.45) is 5.01. The summed E-state index contributed by atoms with van der Waals surface area (Å²) in [5.74, 6) is 0.958. The van der Waals surface area contributed by atoms with Crippen LogP contribution in [0, 0.1) is 6.92 Å². The number of aryl methyl sites for hydroxylation is 1. The Balaban J connectivity index is 1.21. The van der Waals surface area contributed by atoms with E-state index < -0.39 is 0 Å². The van der Waals surface area contributed by atoms with Crippen molar-refractivity contribution in [1.82, 2.24) is 25.2 Å². The molecule has 2 aliphatic heterocycles. The van der Waals surface area contributed by atoms with Crippen LogP contribution in [0.1, 0.15) is 46.4 Å². The number of thiophene rings is 1. The Labute approximate surface area is 190 Å². The van der Waals surface area contributed by atoms with Crippen LogP contribution in [0.4, 0.5) is 5.69 Å². The molecule has 9 heteroatoms. The number of carbonyl (C=O) groups is 1. The van der Waals surface area contributed by atoms with E-state index in [2.05, 4.69) is 25.1 Å². The van der Waals surface area contributed by atoms with Crippen LogP contribution in [0.5, 0.6) is 0 Å². The topological polar surface area (TPSA) is 94.2 Å². The second kappa shape index (κ2) is 8.63. The highest BCUT2D eigenvalue weighted by molar-refractivity contribution is 7.11. The highest BCUT2D eigenvalue weighted by atomic mass is 32.1. The van der Waals surface area contributed by atoms with E-state index in [1.165, 1.54) is 0 Å². The van der Waals surface area contributed by atoms with Crippen molar-refractivity contribution in [3.05, 3.63) is 50.5 Å². The number of aromatic nitrogens is 3. The van der Waals surface area contributed by atoms with Gasteiger partial charge in [-0.05, 0) is 44.9 Å². The van der Waals surface area contributed by atoms with Gasteiger partial charge in [-0.25, -0.2) is 9.97 Å². The molecule has 3 aromatic rings. The van der Waals surface area contributed by atoms with Gasteiger partial charge in [0.05, 0.1) is 22.8 Å². The number of amides is 1. The fraction of sp³-hybridized carbons (Fsp3) is 0.478. The number of carbonyl (C=O) groups excluding carboxylic acids is 1. The SMILES string of the molecule is CNC(=O)c1ccc(N2CCC(N3CCC(c4nc5c(C)scc5c(=O)[nH]4)C3)CC2)cn1. The van der Waals surface area contributed by atoms with E-state index in [0.29, 0.717) is 17.1 Å². The first kappa shape index (κ1) is 21.1. The Morgan fingerprint density at radius 2 is 2.03 bits per heavy atom. The fourth-order valence-electron chi connectivity index (χ4n) is 4.94. The molecule has 1 atom stereocenters. The standard InChI is InChI=1S/C23H28N6O2S/c1-14-20-18(13-32-14)22(30)27-21(26-20)15-5-8-29(12-15)16-6-9-28(10-7-16)17-3-4-19(25-11-17)23(31)24-2/h3-4,11,13,15-16H,5-10,12H2,1-2H3,(H,24,31)(H,26,27,30). The van der Waals surface area contributed by atoms with Crippen LogP contribution in [0.2, 0.25) is 0 Å². The Morgan fingerprint density at radius 3 is 2.75 bits per heavy atom. The van der Waals surface area contributed by atoms with E-state index in [4.69, 9.17) is 4.98 Å². The summed E-state index contributed by atoms with van der Waals surface area (Å²) in [5, 5.41) is 5.21. The number of nitrogens with one attached hydrogen (secondary N) is 2. The first-order valence-electron chi connectivity index (χ1n) is 11.2. The molecule has 1 unspecified atom stereocenters. The maximum absolute atomic E-state index is 12.5. The number of rotatable bonds is 4. The van der Waals surface area contributed by atoms with Gasteiger partial charge in [0.2, 0.25) is 0 Å². The van der Waals surface area contributed by atoms with Crippen molar-refractivity contribution in [3.63, 3.8) is 0 Å². The molecule has 1 amide bonds.